The van der Waals surface area contributed by atoms with Crippen molar-refractivity contribution >= 4 is 23.7 Å². The number of hydrogen-bond acceptors (Lipinski definition) is 8. The third-order valence-corrected chi connectivity index (χ3v) is 5.11. The average molecular weight is 491 g/mol. The number of aromatic amines is 1. The maximum atomic E-state index is 13.1. The van der Waals surface area contributed by atoms with Crippen molar-refractivity contribution in [1.29, 1.82) is 0 Å². The molecule has 0 bridgehead atoms. The van der Waals surface area contributed by atoms with Crippen molar-refractivity contribution in [2.45, 2.75) is 50.0 Å². The molecule has 0 aliphatic carbocycles. The fourth-order valence-electron chi connectivity index (χ4n) is 3.16. The van der Waals surface area contributed by atoms with Crippen molar-refractivity contribution in [2.75, 3.05) is 6.61 Å². The molecule has 0 radical (unpaired) electrons. The lowest BCUT2D eigenvalue weighted by molar-refractivity contribution is -0.142. The van der Waals surface area contributed by atoms with E-state index in [2.05, 4.69) is 25.9 Å². The van der Waals surface area contributed by atoms with Crippen molar-refractivity contribution < 1.29 is 34.5 Å². The summed E-state index contributed by atoms with van der Waals surface area (Å²) < 4.78 is 0. The largest absolute Gasteiger partial charge is 0.480 e. The zero-order chi connectivity index (χ0) is 26.0. The molecule has 0 aliphatic rings. The van der Waals surface area contributed by atoms with Crippen molar-refractivity contribution in [3.8, 4) is 0 Å². The molecular weight excluding hydrogens is 460 g/mol. The highest BCUT2D eigenvalue weighted by Crippen LogP contribution is 2.07. The van der Waals surface area contributed by atoms with Crippen LogP contribution >= 0.6 is 0 Å². The van der Waals surface area contributed by atoms with Gasteiger partial charge in [0.2, 0.25) is 17.7 Å². The Morgan fingerprint density at radius 2 is 1.66 bits per heavy atom. The Morgan fingerprint density at radius 3 is 2.20 bits per heavy atom. The van der Waals surface area contributed by atoms with E-state index in [0.717, 1.165) is 0 Å². The number of nitrogens with one attached hydrogen (secondary N) is 4. The zero-order valence-electron chi connectivity index (χ0n) is 19.0. The highest BCUT2D eigenvalue weighted by atomic mass is 16.4. The van der Waals surface area contributed by atoms with Gasteiger partial charge in [0.05, 0.1) is 19.0 Å². The number of carboxylic acid groups (broad SMARTS) is 1. The maximum absolute atomic E-state index is 13.1. The van der Waals surface area contributed by atoms with Crippen LogP contribution in [0.2, 0.25) is 0 Å². The smallest absolute Gasteiger partial charge is 0.326 e. The predicted molar refractivity (Wildman–Crippen MR) is 123 cm³/mol. The number of imidazole rings is 1. The number of hydrogen-bond donors (Lipinski definition) is 8. The summed E-state index contributed by atoms with van der Waals surface area (Å²) in [6.07, 6.45) is 1.38. The molecule has 1 aromatic carbocycles. The van der Waals surface area contributed by atoms with Gasteiger partial charge in [-0.3, -0.25) is 14.4 Å². The Bertz CT molecular complexity index is 983. The van der Waals surface area contributed by atoms with Crippen LogP contribution in [0.1, 0.15) is 18.2 Å². The van der Waals surface area contributed by atoms with Crippen LogP contribution in [0.25, 0.3) is 0 Å². The summed E-state index contributed by atoms with van der Waals surface area (Å²) in [6.45, 7) is 0.581. The Hall–Kier alpha value is -3.81. The Balaban J connectivity index is 2.21. The third kappa shape index (κ3) is 8.48. The Labute approximate surface area is 201 Å². The summed E-state index contributed by atoms with van der Waals surface area (Å²) in [7, 11) is 0. The second-order valence-corrected chi connectivity index (χ2v) is 7.95. The summed E-state index contributed by atoms with van der Waals surface area (Å²) in [4.78, 5) is 56.3. The average Bonchev–Trinajstić information content (AvgIpc) is 3.34. The molecule has 5 atom stereocenters. The van der Waals surface area contributed by atoms with E-state index in [1.165, 1.54) is 19.4 Å². The molecule has 1 aromatic heterocycles. The lowest BCUT2D eigenvalue weighted by Gasteiger charge is -2.26. The summed E-state index contributed by atoms with van der Waals surface area (Å²) in [5, 5.41) is 35.7. The molecule has 5 unspecified atom stereocenters. The van der Waals surface area contributed by atoms with Gasteiger partial charge < -0.3 is 42.0 Å². The van der Waals surface area contributed by atoms with Crippen LogP contribution < -0.4 is 21.7 Å². The molecule has 35 heavy (non-hydrogen) atoms. The van der Waals surface area contributed by atoms with Crippen molar-refractivity contribution in [3.63, 3.8) is 0 Å². The van der Waals surface area contributed by atoms with Crippen LogP contribution in [0.4, 0.5) is 0 Å². The first-order chi connectivity index (χ1) is 16.6. The number of aliphatic hydroxyl groups excluding tert-OH is 2. The van der Waals surface area contributed by atoms with Gasteiger partial charge >= 0.3 is 5.97 Å². The number of aliphatic hydroxyl groups is 2. The number of rotatable bonds is 13. The molecule has 3 amide bonds. The first-order valence-electron chi connectivity index (χ1n) is 10.8. The number of carbonyl (C=O) groups excluding carboxylic acids is 3. The number of H-pyrrole nitrogens is 1. The molecule has 2 rings (SSSR count). The monoisotopic (exact) mass is 490 g/mol. The lowest BCUT2D eigenvalue weighted by atomic mass is 10.0. The number of aliphatic carboxylic acids is 1. The molecule has 1 heterocycles. The molecular formula is C22H30N6O7. The van der Waals surface area contributed by atoms with Crippen LogP contribution in [0.15, 0.2) is 42.9 Å². The quantitative estimate of drug-likeness (QED) is 0.148. The molecule has 9 N–H and O–H groups in total. The molecule has 0 aliphatic heterocycles. The van der Waals surface area contributed by atoms with Gasteiger partial charge in [0, 0.05) is 24.7 Å². The highest BCUT2D eigenvalue weighted by Gasteiger charge is 2.32. The van der Waals surface area contributed by atoms with Gasteiger partial charge in [-0.25, -0.2) is 9.78 Å². The minimum absolute atomic E-state index is 0.00540. The predicted octanol–water partition coefficient (Wildman–Crippen LogP) is -2.57. The molecule has 13 nitrogen and oxygen atoms in total. The zero-order valence-corrected chi connectivity index (χ0v) is 19.0. The topological polar surface area (TPSA) is 220 Å². The molecule has 2 aromatic rings. The minimum atomic E-state index is -1.48. The van der Waals surface area contributed by atoms with Gasteiger partial charge in [0.15, 0.2) is 0 Å². The first kappa shape index (κ1) is 27.4. The van der Waals surface area contributed by atoms with E-state index < -0.39 is 60.6 Å². The van der Waals surface area contributed by atoms with Gasteiger partial charge in [-0.1, -0.05) is 30.3 Å². The SMILES string of the molecule is CC(O)C(NC(=O)C(N)CO)C(=O)NC(Cc1ccccc1)C(=O)NC(Cc1cnc[nH]1)C(=O)O. The molecule has 0 saturated carbocycles. The van der Waals surface area contributed by atoms with Gasteiger partial charge in [-0.05, 0) is 12.5 Å². The van der Waals surface area contributed by atoms with Gasteiger partial charge in [0.1, 0.15) is 24.2 Å². The van der Waals surface area contributed by atoms with Crippen LogP contribution in [0, 0.1) is 0 Å². The van der Waals surface area contributed by atoms with E-state index >= 15 is 0 Å². The lowest BCUT2D eigenvalue weighted by Crippen LogP contribution is -2.60. The number of amides is 3. The highest BCUT2D eigenvalue weighted by molar-refractivity contribution is 5.94. The van der Waals surface area contributed by atoms with Gasteiger partial charge in [-0.15, -0.1) is 0 Å². The van der Waals surface area contributed by atoms with Crippen molar-refractivity contribution in [2.24, 2.45) is 5.73 Å². The number of aromatic nitrogens is 2. The number of nitrogens with zero attached hydrogens (tertiary/aromatic N) is 1. The van der Waals surface area contributed by atoms with Crippen molar-refractivity contribution in [1.82, 2.24) is 25.9 Å². The number of nitrogens with two attached hydrogens (primary N) is 1. The van der Waals surface area contributed by atoms with E-state index in [1.54, 1.807) is 30.3 Å². The summed E-state index contributed by atoms with van der Waals surface area (Å²) in [6, 6.07) is 3.34. The van der Waals surface area contributed by atoms with Crippen LogP contribution in [0.3, 0.4) is 0 Å². The van der Waals surface area contributed by atoms with Gasteiger partial charge in [-0.2, -0.15) is 0 Å². The molecule has 0 fully saturated rings. The summed E-state index contributed by atoms with van der Waals surface area (Å²) in [5.41, 5.74) is 6.61. The number of benzene rings is 1. The molecule has 13 heteroatoms. The van der Waals surface area contributed by atoms with Crippen LogP contribution in [-0.4, -0.2) is 85.9 Å². The fraction of sp³-hybridized carbons (Fsp3) is 0.409. The Kier molecular flexibility index (Phi) is 10.3. The molecule has 190 valence electrons. The Morgan fingerprint density at radius 1 is 1.00 bits per heavy atom. The minimum Gasteiger partial charge on any atom is -0.480 e. The maximum Gasteiger partial charge on any atom is 0.326 e. The van der Waals surface area contributed by atoms with Crippen molar-refractivity contribution in [3.05, 3.63) is 54.1 Å². The summed E-state index contributed by atoms with van der Waals surface area (Å²) >= 11 is 0. The first-order valence-corrected chi connectivity index (χ1v) is 10.8. The third-order valence-electron chi connectivity index (χ3n) is 5.11. The second-order valence-electron chi connectivity index (χ2n) is 7.95. The molecule has 0 saturated heterocycles. The van der Waals surface area contributed by atoms with Crippen LogP contribution in [0.5, 0.6) is 0 Å². The fourth-order valence-corrected chi connectivity index (χ4v) is 3.16. The van der Waals surface area contributed by atoms with E-state index in [0.29, 0.717) is 11.3 Å². The van der Waals surface area contributed by atoms with E-state index in [-0.39, 0.29) is 12.8 Å². The number of carboxylic acids is 1. The number of carbonyl (C=O) groups is 4. The van der Waals surface area contributed by atoms with Crippen LogP contribution in [-0.2, 0) is 32.0 Å². The van der Waals surface area contributed by atoms with Gasteiger partial charge in [0.25, 0.3) is 0 Å². The molecule has 0 spiro atoms. The standard InChI is InChI=1S/C22H30N6O7/c1-12(30)18(28-19(31)15(23)10-29)21(33)26-16(7-13-5-3-2-4-6-13)20(32)27-17(22(34)35)8-14-9-24-11-25-14/h2-6,9,11-12,15-18,29-30H,7-8,10,23H2,1H3,(H,24,25)(H,26,33)(H,27,32)(H,28,31)(H,34,35). The van der Waals surface area contributed by atoms with E-state index in [1.807, 2.05) is 0 Å². The van der Waals surface area contributed by atoms with E-state index in [9.17, 15) is 29.4 Å². The summed E-state index contributed by atoms with van der Waals surface area (Å²) in [5.74, 6) is -3.83. The second kappa shape index (κ2) is 13.2. The normalized spacial score (nSPS) is 15.2. The van der Waals surface area contributed by atoms with E-state index in [4.69, 9.17) is 10.8 Å².